The highest BCUT2D eigenvalue weighted by Crippen LogP contribution is 2.33. The van der Waals surface area contributed by atoms with Crippen LogP contribution in [-0.4, -0.2) is 35.3 Å². The third kappa shape index (κ3) is 3.02. The summed E-state index contributed by atoms with van der Waals surface area (Å²) in [7, 11) is 0. The van der Waals surface area contributed by atoms with Crippen LogP contribution in [0.3, 0.4) is 0 Å². The molecular formula is C23H19N7. The molecule has 5 heterocycles. The number of hydrogen-bond acceptors (Lipinski definition) is 4. The van der Waals surface area contributed by atoms with E-state index in [2.05, 4.69) is 48.0 Å². The average Bonchev–Trinajstić information content (AvgIpc) is 3.52. The van der Waals surface area contributed by atoms with Gasteiger partial charge in [0.25, 0.3) is 0 Å². The highest BCUT2D eigenvalue weighted by atomic mass is 15.1. The van der Waals surface area contributed by atoms with Crippen molar-refractivity contribution in [1.29, 1.82) is 0 Å². The van der Waals surface area contributed by atoms with Crippen LogP contribution in [0.15, 0.2) is 73.9 Å². The van der Waals surface area contributed by atoms with Crippen LogP contribution in [-0.2, 0) is 0 Å². The second-order valence-corrected chi connectivity index (χ2v) is 6.93. The summed E-state index contributed by atoms with van der Waals surface area (Å²) in [6.07, 6.45) is 10.9. The standard InChI is InChI=1S/C23H19N7/c1-3-6-16(19-7-4-5-8-24-19)17-9-21(28-14(17)2)23-18-10-20(15-11-26-27-12-15)25-13-22(18)29-30-23/h3-13,28H,1H2,2H3,(H,26,27)(H,29,30)/b16-6+. The molecule has 5 rings (SSSR count). The molecule has 146 valence electrons. The first-order chi connectivity index (χ1) is 14.7. The fourth-order valence-electron chi connectivity index (χ4n) is 3.59. The summed E-state index contributed by atoms with van der Waals surface area (Å²) >= 11 is 0. The molecule has 30 heavy (non-hydrogen) atoms. The van der Waals surface area contributed by atoms with Gasteiger partial charge in [0.05, 0.1) is 35.0 Å². The topological polar surface area (TPSA) is 98.9 Å². The summed E-state index contributed by atoms with van der Waals surface area (Å²) < 4.78 is 0. The van der Waals surface area contributed by atoms with Crippen LogP contribution in [0, 0.1) is 6.92 Å². The molecule has 0 saturated heterocycles. The van der Waals surface area contributed by atoms with E-state index in [-0.39, 0.29) is 0 Å². The molecule has 7 nitrogen and oxygen atoms in total. The van der Waals surface area contributed by atoms with Gasteiger partial charge in [0.15, 0.2) is 0 Å². The highest BCUT2D eigenvalue weighted by molar-refractivity contribution is 5.94. The van der Waals surface area contributed by atoms with Crippen molar-refractivity contribution < 1.29 is 0 Å². The first-order valence-corrected chi connectivity index (χ1v) is 9.52. The van der Waals surface area contributed by atoms with Crippen LogP contribution in [0.2, 0.25) is 0 Å². The van der Waals surface area contributed by atoms with Crippen LogP contribution in [0.5, 0.6) is 0 Å². The Morgan fingerprint density at radius 3 is 2.83 bits per heavy atom. The van der Waals surface area contributed by atoms with Crippen molar-refractivity contribution in [3.8, 4) is 22.6 Å². The summed E-state index contributed by atoms with van der Waals surface area (Å²) in [6, 6.07) is 10.0. The molecule has 0 amide bonds. The third-order valence-corrected chi connectivity index (χ3v) is 5.03. The number of rotatable bonds is 5. The summed E-state index contributed by atoms with van der Waals surface area (Å²) in [5.74, 6) is 0. The lowest BCUT2D eigenvalue weighted by Crippen LogP contribution is -1.91. The van der Waals surface area contributed by atoms with Crippen LogP contribution < -0.4 is 0 Å². The lowest BCUT2D eigenvalue weighted by Gasteiger charge is -2.05. The number of pyridine rings is 2. The van der Waals surface area contributed by atoms with E-state index in [1.54, 1.807) is 24.7 Å². The number of H-pyrrole nitrogens is 3. The molecule has 0 aliphatic carbocycles. The summed E-state index contributed by atoms with van der Waals surface area (Å²) in [5.41, 5.74) is 8.39. The van der Waals surface area contributed by atoms with Crippen LogP contribution in [0.4, 0.5) is 0 Å². The smallest absolute Gasteiger partial charge is 0.116 e. The molecule has 0 unspecified atom stereocenters. The summed E-state index contributed by atoms with van der Waals surface area (Å²) in [5, 5.41) is 15.4. The van der Waals surface area contributed by atoms with Gasteiger partial charge in [-0.25, -0.2) is 0 Å². The Balaban J connectivity index is 1.62. The number of nitrogens with zero attached hydrogens (tertiary/aromatic N) is 4. The van der Waals surface area contributed by atoms with Gasteiger partial charge >= 0.3 is 0 Å². The van der Waals surface area contributed by atoms with E-state index >= 15 is 0 Å². The maximum absolute atomic E-state index is 4.55. The lowest BCUT2D eigenvalue weighted by molar-refractivity contribution is 1.09. The number of fused-ring (bicyclic) bond motifs is 1. The maximum Gasteiger partial charge on any atom is 0.116 e. The van der Waals surface area contributed by atoms with Crippen molar-refractivity contribution in [3.63, 3.8) is 0 Å². The fourth-order valence-corrected chi connectivity index (χ4v) is 3.59. The number of aromatic nitrogens is 7. The van der Waals surface area contributed by atoms with Crippen LogP contribution in [0.25, 0.3) is 39.1 Å². The third-order valence-electron chi connectivity index (χ3n) is 5.03. The zero-order chi connectivity index (χ0) is 20.5. The first-order valence-electron chi connectivity index (χ1n) is 9.52. The zero-order valence-corrected chi connectivity index (χ0v) is 16.3. The predicted octanol–water partition coefficient (Wildman–Crippen LogP) is 4.66. The van der Waals surface area contributed by atoms with E-state index in [4.69, 9.17) is 0 Å². The Bertz CT molecular complexity index is 1360. The molecule has 3 N–H and O–H groups in total. The molecule has 5 aromatic heterocycles. The molecule has 0 bridgehead atoms. The van der Waals surface area contributed by atoms with E-state index in [0.717, 1.165) is 56.1 Å². The quantitative estimate of drug-likeness (QED) is 0.378. The number of hydrogen-bond donors (Lipinski definition) is 3. The Hall–Kier alpha value is -4.26. The molecule has 0 aromatic carbocycles. The largest absolute Gasteiger partial charge is 0.357 e. The van der Waals surface area contributed by atoms with Crippen molar-refractivity contribution in [1.82, 2.24) is 35.3 Å². The molecule has 5 aromatic rings. The number of aromatic amines is 3. The van der Waals surface area contributed by atoms with Crippen LogP contribution in [0.1, 0.15) is 17.0 Å². The summed E-state index contributed by atoms with van der Waals surface area (Å²) in [6.45, 7) is 5.91. The van der Waals surface area contributed by atoms with E-state index in [9.17, 15) is 0 Å². The molecule has 0 aliphatic rings. The van der Waals surface area contributed by atoms with E-state index in [0.29, 0.717) is 0 Å². The van der Waals surface area contributed by atoms with Crippen molar-refractivity contribution in [2.75, 3.05) is 0 Å². The first kappa shape index (κ1) is 17.8. The Kier molecular flexibility index (Phi) is 4.33. The van der Waals surface area contributed by atoms with Gasteiger partial charge in [0.1, 0.15) is 5.69 Å². The van der Waals surface area contributed by atoms with Gasteiger partial charge in [-0.3, -0.25) is 20.2 Å². The molecule has 0 spiro atoms. The predicted molar refractivity (Wildman–Crippen MR) is 118 cm³/mol. The van der Waals surface area contributed by atoms with Gasteiger partial charge < -0.3 is 4.98 Å². The van der Waals surface area contributed by atoms with Crippen molar-refractivity contribution in [3.05, 3.63) is 90.8 Å². The summed E-state index contributed by atoms with van der Waals surface area (Å²) in [4.78, 5) is 12.5. The zero-order valence-electron chi connectivity index (χ0n) is 16.3. The monoisotopic (exact) mass is 393 g/mol. The van der Waals surface area contributed by atoms with Gasteiger partial charge in [-0.2, -0.15) is 10.2 Å². The molecule has 0 aliphatic heterocycles. The van der Waals surface area contributed by atoms with Crippen molar-refractivity contribution >= 4 is 16.5 Å². The fraction of sp³-hybridized carbons (Fsp3) is 0.0435. The molecule has 0 fully saturated rings. The average molecular weight is 393 g/mol. The normalized spacial score (nSPS) is 11.8. The molecule has 0 saturated carbocycles. The molecular weight excluding hydrogens is 374 g/mol. The minimum absolute atomic E-state index is 0.836. The van der Waals surface area contributed by atoms with E-state index < -0.39 is 0 Å². The Labute approximate surface area is 172 Å². The van der Waals surface area contributed by atoms with Crippen LogP contribution >= 0.6 is 0 Å². The van der Waals surface area contributed by atoms with Gasteiger partial charge in [-0.1, -0.05) is 24.8 Å². The maximum atomic E-state index is 4.55. The molecule has 0 atom stereocenters. The van der Waals surface area contributed by atoms with Gasteiger partial charge in [-0.05, 0) is 31.2 Å². The van der Waals surface area contributed by atoms with E-state index in [1.165, 1.54) is 0 Å². The lowest BCUT2D eigenvalue weighted by atomic mass is 10.0. The molecule has 0 radical (unpaired) electrons. The van der Waals surface area contributed by atoms with Gasteiger partial charge in [0, 0.05) is 40.2 Å². The van der Waals surface area contributed by atoms with Crippen molar-refractivity contribution in [2.45, 2.75) is 6.92 Å². The number of nitrogens with one attached hydrogen (secondary N) is 3. The number of aryl methyl sites for hydroxylation is 1. The molecule has 7 heteroatoms. The second kappa shape index (κ2) is 7.29. The van der Waals surface area contributed by atoms with Gasteiger partial charge in [0.2, 0.25) is 0 Å². The minimum Gasteiger partial charge on any atom is -0.357 e. The van der Waals surface area contributed by atoms with Gasteiger partial charge in [-0.15, -0.1) is 0 Å². The second-order valence-electron chi connectivity index (χ2n) is 6.93. The minimum atomic E-state index is 0.836. The van der Waals surface area contributed by atoms with E-state index in [1.807, 2.05) is 43.5 Å². The van der Waals surface area contributed by atoms with Crippen molar-refractivity contribution in [2.24, 2.45) is 0 Å². The number of allylic oxidation sites excluding steroid dienone is 2. The Morgan fingerprint density at radius 1 is 1.13 bits per heavy atom. The highest BCUT2D eigenvalue weighted by Gasteiger charge is 2.17. The SMILES string of the molecule is C=C/C=C(/c1ccccn1)c1cc(-c2n[nH]c3cnc(-c4cn[nH]c4)cc23)[nH]c1C. The Morgan fingerprint density at radius 2 is 2.07 bits per heavy atom.